The van der Waals surface area contributed by atoms with Gasteiger partial charge in [-0.25, -0.2) is 4.39 Å². The summed E-state index contributed by atoms with van der Waals surface area (Å²) in [6.45, 7) is 5.86. The zero-order valence-corrected chi connectivity index (χ0v) is 9.63. The van der Waals surface area contributed by atoms with Gasteiger partial charge in [-0.1, -0.05) is 32.0 Å². The molecule has 0 spiro atoms. The average molecular weight is 210 g/mol. The maximum absolute atomic E-state index is 13.4. The second-order valence-electron chi connectivity index (χ2n) is 4.69. The van der Waals surface area contributed by atoms with E-state index < -0.39 is 5.60 Å². The lowest BCUT2D eigenvalue weighted by Gasteiger charge is -2.25. The Bertz CT molecular complexity index is 318. The van der Waals surface area contributed by atoms with Gasteiger partial charge < -0.3 is 5.11 Å². The van der Waals surface area contributed by atoms with Crippen molar-refractivity contribution in [1.29, 1.82) is 0 Å². The molecule has 0 fully saturated rings. The Kier molecular flexibility index (Phi) is 3.86. The van der Waals surface area contributed by atoms with E-state index in [9.17, 15) is 9.50 Å². The molecule has 0 aromatic heterocycles. The second kappa shape index (κ2) is 4.75. The lowest BCUT2D eigenvalue weighted by Crippen LogP contribution is -2.23. The minimum absolute atomic E-state index is 0.328. The van der Waals surface area contributed by atoms with Gasteiger partial charge in [0.05, 0.1) is 5.60 Å². The van der Waals surface area contributed by atoms with Gasteiger partial charge in [-0.2, -0.15) is 0 Å². The molecule has 15 heavy (non-hydrogen) atoms. The van der Waals surface area contributed by atoms with E-state index in [1.54, 1.807) is 25.1 Å². The molecule has 84 valence electrons. The second-order valence-corrected chi connectivity index (χ2v) is 4.69. The third kappa shape index (κ3) is 3.31. The molecule has 0 aliphatic rings. The molecule has 1 N–H and O–H groups in total. The first-order valence-electron chi connectivity index (χ1n) is 5.41. The van der Waals surface area contributed by atoms with E-state index in [0.717, 1.165) is 6.42 Å². The highest BCUT2D eigenvalue weighted by Crippen LogP contribution is 2.29. The van der Waals surface area contributed by atoms with E-state index >= 15 is 0 Å². The van der Waals surface area contributed by atoms with Crippen molar-refractivity contribution in [3.8, 4) is 0 Å². The lowest BCUT2D eigenvalue weighted by atomic mass is 9.88. The summed E-state index contributed by atoms with van der Waals surface area (Å²) in [4.78, 5) is 0. The van der Waals surface area contributed by atoms with E-state index in [-0.39, 0.29) is 5.82 Å². The fourth-order valence-corrected chi connectivity index (χ4v) is 1.60. The first-order valence-corrected chi connectivity index (χ1v) is 5.41. The van der Waals surface area contributed by atoms with Crippen LogP contribution in [0.2, 0.25) is 0 Å². The lowest BCUT2D eigenvalue weighted by molar-refractivity contribution is 0.0384. The summed E-state index contributed by atoms with van der Waals surface area (Å²) in [5.41, 5.74) is -0.666. The molecule has 0 amide bonds. The van der Waals surface area contributed by atoms with Crippen molar-refractivity contribution in [2.45, 2.75) is 39.2 Å². The number of halogens is 1. The average Bonchev–Trinajstić information content (AvgIpc) is 2.15. The smallest absolute Gasteiger partial charge is 0.129 e. The molecule has 1 atom stereocenters. The van der Waals surface area contributed by atoms with Crippen molar-refractivity contribution in [2.75, 3.05) is 0 Å². The van der Waals surface area contributed by atoms with Crippen LogP contribution in [0.4, 0.5) is 4.39 Å². The van der Waals surface area contributed by atoms with Gasteiger partial charge in [0, 0.05) is 5.56 Å². The summed E-state index contributed by atoms with van der Waals surface area (Å²) in [5, 5.41) is 10.2. The zero-order valence-electron chi connectivity index (χ0n) is 9.63. The number of rotatable bonds is 4. The van der Waals surface area contributed by atoms with E-state index in [4.69, 9.17) is 0 Å². The van der Waals surface area contributed by atoms with Crippen LogP contribution in [0, 0.1) is 11.7 Å². The summed E-state index contributed by atoms with van der Waals surface area (Å²) in [7, 11) is 0. The molecule has 0 saturated carbocycles. The molecule has 0 aliphatic heterocycles. The summed E-state index contributed by atoms with van der Waals surface area (Å²) < 4.78 is 13.4. The third-order valence-corrected chi connectivity index (χ3v) is 2.66. The highest BCUT2D eigenvalue weighted by Gasteiger charge is 2.25. The fraction of sp³-hybridized carbons (Fsp3) is 0.538. The normalized spacial score (nSPS) is 15.3. The van der Waals surface area contributed by atoms with Crippen molar-refractivity contribution >= 4 is 0 Å². The van der Waals surface area contributed by atoms with Gasteiger partial charge in [0.1, 0.15) is 5.82 Å². The first kappa shape index (κ1) is 12.2. The van der Waals surface area contributed by atoms with Gasteiger partial charge in [-0.3, -0.25) is 0 Å². The molecule has 1 aromatic rings. The Balaban J connectivity index is 2.81. The van der Waals surface area contributed by atoms with Crippen LogP contribution in [-0.4, -0.2) is 5.11 Å². The van der Waals surface area contributed by atoms with E-state index in [0.29, 0.717) is 17.9 Å². The highest BCUT2D eigenvalue weighted by molar-refractivity contribution is 5.23. The fourth-order valence-electron chi connectivity index (χ4n) is 1.60. The predicted molar refractivity (Wildman–Crippen MR) is 60.0 cm³/mol. The maximum Gasteiger partial charge on any atom is 0.129 e. The molecule has 1 unspecified atom stereocenters. The summed E-state index contributed by atoms with van der Waals surface area (Å²) >= 11 is 0. The number of benzene rings is 1. The van der Waals surface area contributed by atoms with Crippen LogP contribution in [0.1, 0.15) is 39.2 Å². The number of hydrogen-bond acceptors (Lipinski definition) is 1. The molecular weight excluding hydrogens is 191 g/mol. The van der Waals surface area contributed by atoms with Crippen molar-refractivity contribution in [3.63, 3.8) is 0 Å². The topological polar surface area (TPSA) is 20.2 Å². The van der Waals surface area contributed by atoms with Crippen LogP contribution in [0.15, 0.2) is 24.3 Å². The molecule has 1 rings (SSSR count). The van der Waals surface area contributed by atoms with Crippen LogP contribution in [-0.2, 0) is 5.60 Å². The molecule has 0 saturated heterocycles. The molecule has 2 heteroatoms. The van der Waals surface area contributed by atoms with Crippen molar-refractivity contribution < 1.29 is 9.50 Å². The largest absolute Gasteiger partial charge is 0.385 e. The van der Waals surface area contributed by atoms with Gasteiger partial charge in [0.25, 0.3) is 0 Å². The molecule has 0 radical (unpaired) electrons. The van der Waals surface area contributed by atoms with E-state index in [1.807, 2.05) is 0 Å². The van der Waals surface area contributed by atoms with Crippen LogP contribution in [0.3, 0.4) is 0 Å². The monoisotopic (exact) mass is 210 g/mol. The van der Waals surface area contributed by atoms with Crippen molar-refractivity contribution in [2.24, 2.45) is 5.92 Å². The van der Waals surface area contributed by atoms with E-state index in [1.165, 1.54) is 6.07 Å². The Hall–Kier alpha value is -0.890. The maximum atomic E-state index is 13.4. The molecule has 0 heterocycles. The third-order valence-electron chi connectivity index (χ3n) is 2.66. The van der Waals surface area contributed by atoms with Gasteiger partial charge in [-0.15, -0.1) is 0 Å². The Morgan fingerprint density at radius 1 is 1.33 bits per heavy atom. The Morgan fingerprint density at radius 2 is 1.93 bits per heavy atom. The molecule has 0 bridgehead atoms. The van der Waals surface area contributed by atoms with Gasteiger partial charge >= 0.3 is 0 Å². The summed E-state index contributed by atoms with van der Waals surface area (Å²) in [6, 6.07) is 6.43. The molecular formula is C13H19FO. The first-order chi connectivity index (χ1) is 6.93. The summed E-state index contributed by atoms with van der Waals surface area (Å²) in [5.74, 6) is 0.189. The highest BCUT2D eigenvalue weighted by atomic mass is 19.1. The Labute approximate surface area is 90.9 Å². The van der Waals surface area contributed by atoms with Crippen LogP contribution < -0.4 is 0 Å². The van der Waals surface area contributed by atoms with E-state index in [2.05, 4.69) is 13.8 Å². The molecule has 1 nitrogen and oxygen atoms in total. The van der Waals surface area contributed by atoms with Crippen molar-refractivity contribution in [3.05, 3.63) is 35.6 Å². The minimum atomic E-state index is -1.06. The van der Waals surface area contributed by atoms with Crippen LogP contribution in [0.25, 0.3) is 0 Å². The summed E-state index contributed by atoms with van der Waals surface area (Å²) in [6.07, 6.45) is 1.48. The van der Waals surface area contributed by atoms with Crippen LogP contribution >= 0.6 is 0 Å². The molecule has 0 aliphatic carbocycles. The van der Waals surface area contributed by atoms with Crippen molar-refractivity contribution in [1.82, 2.24) is 0 Å². The number of hydrogen-bond donors (Lipinski definition) is 1. The van der Waals surface area contributed by atoms with Crippen LogP contribution in [0.5, 0.6) is 0 Å². The number of aliphatic hydroxyl groups is 1. The Morgan fingerprint density at radius 3 is 2.47 bits per heavy atom. The quantitative estimate of drug-likeness (QED) is 0.806. The molecule has 1 aromatic carbocycles. The van der Waals surface area contributed by atoms with Gasteiger partial charge in [-0.05, 0) is 31.7 Å². The van der Waals surface area contributed by atoms with Gasteiger partial charge in [0.15, 0.2) is 0 Å². The minimum Gasteiger partial charge on any atom is -0.385 e. The zero-order chi connectivity index (χ0) is 11.5. The standard InChI is InChI=1S/C13H19FO/c1-10(2)8-9-13(3,15)11-6-4-5-7-12(11)14/h4-7,10,15H,8-9H2,1-3H3. The van der Waals surface area contributed by atoms with Gasteiger partial charge in [0.2, 0.25) is 0 Å². The predicted octanol–water partition coefficient (Wildman–Crippen LogP) is 3.47. The SMILES string of the molecule is CC(C)CCC(C)(O)c1ccccc1F.